The molecular weight excluding hydrogens is 352 g/mol. The molecule has 3 unspecified atom stereocenters. The van der Waals surface area contributed by atoms with Crippen LogP contribution in [-0.4, -0.2) is 41.6 Å². The molecule has 4 rings (SSSR count). The summed E-state index contributed by atoms with van der Waals surface area (Å²) in [5, 5.41) is 4.01. The van der Waals surface area contributed by atoms with E-state index < -0.39 is 0 Å². The fourth-order valence-corrected chi connectivity index (χ4v) is 4.48. The Kier molecular flexibility index (Phi) is 5.78. The Morgan fingerprint density at radius 3 is 2.89 bits per heavy atom. The molecule has 150 valence electrons. The molecule has 2 aromatic rings. The zero-order valence-corrected chi connectivity index (χ0v) is 16.7. The van der Waals surface area contributed by atoms with Crippen LogP contribution in [-0.2, 0) is 6.42 Å². The first-order valence-corrected chi connectivity index (χ1v) is 10.4. The number of nitrogens with zero attached hydrogens (tertiary/aromatic N) is 2. The van der Waals surface area contributed by atoms with Crippen LogP contribution in [0.2, 0.25) is 0 Å². The van der Waals surface area contributed by atoms with Crippen molar-refractivity contribution in [2.45, 2.75) is 45.1 Å². The van der Waals surface area contributed by atoms with E-state index in [1.165, 1.54) is 5.56 Å². The number of hydrazine groups is 1. The molecular formula is C22H30N4O2. The van der Waals surface area contributed by atoms with Crippen molar-refractivity contribution in [3.63, 3.8) is 0 Å². The zero-order valence-electron chi connectivity index (χ0n) is 16.7. The Morgan fingerprint density at radius 2 is 2.14 bits per heavy atom. The second-order valence-corrected chi connectivity index (χ2v) is 8.42. The normalized spacial score (nSPS) is 25.4. The van der Waals surface area contributed by atoms with Crippen LogP contribution in [0.5, 0.6) is 0 Å². The van der Waals surface area contributed by atoms with Gasteiger partial charge in [-0.25, -0.2) is 0 Å². The van der Waals surface area contributed by atoms with Gasteiger partial charge in [-0.15, -0.1) is 0 Å². The maximum absolute atomic E-state index is 12.9. The predicted molar refractivity (Wildman–Crippen MR) is 108 cm³/mol. The number of nitrogens with one attached hydrogen (secondary N) is 2. The second-order valence-electron chi connectivity index (χ2n) is 8.42. The second kappa shape index (κ2) is 8.45. The van der Waals surface area contributed by atoms with Gasteiger partial charge in [0.15, 0.2) is 5.69 Å². The lowest BCUT2D eigenvalue weighted by Crippen LogP contribution is -2.48. The minimum atomic E-state index is -0.00841. The van der Waals surface area contributed by atoms with Crippen LogP contribution < -0.4 is 10.9 Å². The molecule has 3 atom stereocenters. The number of amides is 1. The summed E-state index contributed by atoms with van der Waals surface area (Å²) < 4.78 is 5.33. The monoisotopic (exact) mass is 382 g/mol. The van der Waals surface area contributed by atoms with Crippen molar-refractivity contribution in [2.24, 2.45) is 11.8 Å². The lowest BCUT2D eigenvalue weighted by atomic mass is 9.81. The van der Waals surface area contributed by atoms with Crippen LogP contribution >= 0.6 is 0 Å². The summed E-state index contributed by atoms with van der Waals surface area (Å²) in [5.41, 5.74) is 8.65. The van der Waals surface area contributed by atoms with Crippen LogP contribution in [0.25, 0.3) is 0 Å². The topological polar surface area (TPSA) is 70.4 Å². The number of aromatic nitrogens is 1. The molecule has 1 aromatic carbocycles. The lowest BCUT2D eigenvalue weighted by molar-refractivity contribution is 0.0624. The fraction of sp³-hybridized carbons (Fsp3) is 0.545. The van der Waals surface area contributed by atoms with Crippen molar-refractivity contribution in [3.8, 4) is 0 Å². The highest BCUT2D eigenvalue weighted by molar-refractivity contribution is 5.92. The first-order valence-electron chi connectivity index (χ1n) is 10.4. The van der Waals surface area contributed by atoms with Gasteiger partial charge in [0.2, 0.25) is 0 Å². The van der Waals surface area contributed by atoms with E-state index in [2.05, 4.69) is 46.3 Å². The van der Waals surface area contributed by atoms with Crippen molar-refractivity contribution >= 4 is 5.91 Å². The van der Waals surface area contributed by atoms with Gasteiger partial charge in [0, 0.05) is 37.7 Å². The summed E-state index contributed by atoms with van der Waals surface area (Å²) in [6.45, 7) is 6.61. The number of hydrogen-bond donors (Lipinski definition) is 2. The van der Waals surface area contributed by atoms with Gasteiger partial charge in [-0.1, -0.05) is 49.3 Å². The first-order chi connectivity index (χ1) is 13.6. The van der Waals surface area contributed by atoms with Crippen molar-refractivity contribution in [3.05, 3.63) is 53.4 Å². The zero-order chi connectivity index (χ0) is 19.5. The van der Waals surface area contributed by atoms with E-state index in [4.69, 9.17) is 4.52 Å². The Bertz CT molecular complexity index is 789. The molecule has 3 heterocycles. The molecule has 2 fully saturated rings. The highest BCUT2D eigenvalue weighted by Crippen LogP contribution is 2.28. The Hall–Kier alpha value is -2.18. The lowest BCUT2D eigenvalue weighted by Gasteiger charge is -2.37. The molecule has 6 heteroatoms. The number of piperidine rings is 1. The Morgan fingerprint density at radius 1 is 1.32 bits per heavy atom. The molecule has 0 aliphatic carbocycles. The third-order valence-corrected chi connectivity index (χ3v) is 6.05. The summed E-state index contributed by atoms with van der Waals surface area (Å²) >= 11 is 0. The van der Waals surface area contributed by atoms with Gasteiger partial charge in [-0.05, 0) is 36.7 Å². The average molecular weight is 383 g/mol. The maximum Gasteiger partial charge on any atom is 0.276 e. The largest absolute Gasteiger partial charge is 0.360 e. The summed E-state index contributed by atoms with van der Waals surface area (Å²) in [4.78, 5) is 14.9. The number of carbonyl (C=O) groups excluding carboxylic acids is 1. The molecule has 2 aliphatic rings. The quantitative estimate of drug-likeness (QED) is 0.832. The minimum absolute atomic E-state index is 0.00841. The molecule has 0 radical (unpaired) electrons. The standard InChI is InChI=1S/C22H30N4O2/c1-15(2)20-12-19(25-28-20)22(27)26-10-6-9-17(14-26)21-18(13-23-24-21)11-16-7-4-3-5-8-16/h3-5,7-8,12,15,17-18,21,23-24H,6,9-11,13-14H2,1-2H3. The Labute approximate surface area is 166 Å². The van der Waals surface area contributed by atoms with Gasteiger partial charge in [0.1, 0.15) is 5.76 Å². The van der Waals surface area contributed by atoms with Gasteiger partial charge < -0.3 is 9.42 Å². The molecule has 2 saturated heterocycles. The molecule has 1 aromatic heterocycles. The Balaban J connectivity index is 1.41. The van der Waals surface area contributed by atoms with Crippen molar-refractivity contribution in [1.29, 1.82) is 0 Å². The third-order valence-electron chi connectivity index (χ3n) is 6.05. The first kappa shape index (κ1) is 19.2. The van der Waals surface area contributed by atoms with Crippen LogP contribution in [0.4, 0.5) is 0 Å². The van der Waals surface area contributed by atoms with Crippen LogP contribution in [0.3, 0.4) is 0 Å². The number of likely N-dealkylation sites (tertiary alicyclic amines) is 1. The van der Waals surface area contributed by atoms with Crippen LogP contribution in [0.15, 0.2) is 40.9 Å². The highest BCUT2D eigenvalue weighted by atomic mass is 16.5. The van der Waals surface area contributed by atoms with E-state index in [0.29, 0.717) is 23.6 Å². The molecule has 28 heavy (non-hydrogen) atoms. The van der Waals surface area contributed by atoms with Crippen molar-refractivity contribution in [1.82, 2.24) is 20.9 Å². The van der Waals surface area contributed by atoms with Crippen molar-refractivity contribution in [2.75, 3.05) is 19.6 Å². The van der Waals surface area contributed by atoms with E-state index in [1.54, 1.807) is 6.07 Å². The number of rotatable bonds is 5. The summed E-state index contributed by atoms with van der Waals surface area (Å²) in [7, 11) is 0. The SMILES string of the molecule is CC(C)c1cc(C(=O)N2CCCC(C3NNCC3Cc3ccccc3)C2)no1. The van der Waals surface area contributed by atoms with E-state index in [-0.39, 0.29) is 11.8 Å². The molecule has 2 N–H and O–H groups in total. The van der Waals surface area contributed by atoms with Crippen molar-refractivity contribution < 1.29 is 9.32 Å². The van der Waals surface area contributed by atoms with Gasteiger partial charge in [0.05, 0.1) is 0 Å². The number of benzene rings is 1. The van der Waals surface area contributed by atoms with Gasteiger partial charge in [0.25, 0.3) is 5.91 Å². The number of carbonyl (C=O) groups is 1. The van der Waals surface area contributed by atoms with Gasteiger partial charge in [-0.3, -0.25) is 15.6 Å². The molecule has 0 bridgehead atoms. The van der Waals surface area contributed by atoms with Crippen LogP contribution in [0.1, 0.15) is 54.4 Å². The molecule has 2 aliphatic heterocycles. The summed E-state index contributed by atoms with van der Waals surface area (Å²) in [6, 6.07) is 12.8. The average Bonchev–Trinajstić information content (AvgIpc) is 3.38. The summed E-state index contributed by atoms with van der Waals surface area (Å²) in [6.07, 6.45) is 3.23. The highest BCUT2D eigenvalue weighted by Gasteiger charge is 2.37. The van der Waals surface area contributed by atoms with Gasteiger partial charge in [-0.2, -0.15) is 0 Å². The fourth-order valence-electron chi connectivity index (χ4n) is 4.48. The molecule has 6 nitrogen and oxygen atoms in total. The van der Waals surface area contributed by atoms with E-state index in [9.17, 15) is 4.79 Å². The van der Waals surface area contributed by atoms with E-state index in [0.717, 1.165) is 44.7 Å². The van der Waals surface area contributed by atoms with E-state index in [1.807, 2.05) is 18.7 Å². The van der Waals surface area contributed by atoms with Crippen LogP contribution in [0, 0.1) is 11.8 Å². The molecule has 1 amide bonds. The number of hydrogen-bond acceptors (Lipinski definition) is 5. The summed E-state index contributed by atoms with van der Waals surface area (Å²) in [5.74, 6) is 1.96. The molecule has 0 spiro atoms. The van der Waals surface area contributed by atoms with Gasteiger partial charge >= 0.3 is 0 Å². The molecule has 0 saturated carbocycles. The predicted octanol–water partition coefficient (Wildman–Crippen LogP) is 2.99. The smallest absolute Gasteiger partial charge is 0.276 e. The van der Waals surface area contributed by atoms with E-state index >= 15 is 0 Å². The maximum atomic E-state index is 12.9. The minimum Gasteiger partial charge on any atom is -0.360 e. The third kappa shape index (κ3) is 4.13.